The molecule has 0 aliphatic carbocycles. The van der Waals surface area contributed by atoms with Crippen molar-refractivity contribution in [3.05, 3.63) is 77.9 Å². The molecule has 0 atom stereocenters. The topological polar surface area (TPSA) is 30.7 Å². The summed E-state index contributed by atoms with van der Waals surface area (Å²) in [6.45, 7) is 6.29. The SMILES string of the molecule is C=CCn1c(SCc2cccc(C(F)(F)F)c2)nnc1-c1ccccc1C. The predicted molar refractivity (Wildman–Crippen MR) is 101 cm³/mol. The van der Waals surface area contributed by atoms with Crippen LogP contribution in [-0.2, 0) is 18.5 Å². The zero-order chi connectivity index (χ0) is 19.4. The molecule has 7 heteroatoms. The van der Waals surface area contributed by atoms with E-state index in [9.17, 15) is 13.2 Å². The molecular formula is C20H18F3N3S. The molecule has 0 fully saturated rings. The Morgan fingerprint density at radius 3 is 2.59 bits per heavy atom. The molecule has 1 aromatic heterocycles. The predicted octanol–water partition coefficient (Wildman–Crippen LogP) is 5.75. The lowest BCUT2D eigenvalue weighted by atomic mass is 10.1. The van der Waals surface area contributed by atoms with Crippen LogP contribution in [0.1, 0.15) is 16.7 Å². The van der Waals surface area contributed by atoms with Crippen molar-refractivity contribution in [1.82, 2.24) is 14.8 Å². The number of benzene rings is 2. The number of hydrogen-bond acceptors (Lipinski definition) is 3. The van der Waals surface area contributed by atoms with Crippen LogP contribution in [0.15, 0.2) is 66.3 Å². The van der Waals surface area contributed by atoms with E-state index in [0.29, 0.717) is 23.0 Å². The monoisotopic (exact) mass is 389 g/mol. The first kappa shape index (κ1) is 19.2. The van der Waals surface area contributed by atoms with Gasteiger partial charge in [-0.05, 0) is 24.1 Å². The first-order valence-electron chi connectivity index (χ1n) is 8.29. The molecule has 0 saturated heterocycles. The minimum Gasteiger partial charge on any atom is -0.298 e. The molecule has 140 valence electrons. The second-order valence-electron chi connectivity index (χ2n) is 6.01. The third kappa shape index (κ3) is 4.42. The molecule has 0 amide bonds. The zero-order valence-corrected chi connectivity index (χ0v) is 15.5. The summed E-state index contributed by atoms with van der Waals surface area (Å²) in [6.07, 6.45) is -2.60. The average molecular weight is 389 g/mol. The van der Waals surface area contributed by atoms with Gasteiger partial charge in [0.1, 0.15) is 0 Å². The molecule has 0 N–H and O–H groups in total. The van der Waals surface area contributed by atoms with Crippen LogP contribution in [0.3, 0.4) is 0 Å². The summed E-state index contributed by atoms with van der Waals surface area (Å²) in [4.78, 5) is 0. The van der Waals surface area contributed by atoms with Gasteiger partial charge in [-0.1, -0.05) is 60.3 Å². The van der Waals surface area contributed by atoms with E-state index < -0.39 is 11.7 Å². The number of allylic oxidation sites excluding steroid dienone is 1. The van der Waals surface area contributed by atoms with Gasteiger partial charge in [0.25, 0.3) is 0 Å². The van der Waals surface area contributed by atoms with Gasteiger partial charge in [-0.2, -0.15) is 13.2 Å². The quantitative estimate of drug-likeness (QED) is 0.397. The van der Waals surface area contributed by atoms with Gasteiger partial charge in [0.2, 0.25) is 0 Å². The largest absolute Gasteiger partial charge is 0.416 e. The Morgan fingerprint density at radius 1 is 1.11 bits per heavy atom. The van der Waals surface area contributed by atoms with E-state index in [1.165, 1.54) is 23.9 Å². The Hall–Kier alpha value is -2.54. The van der Waals surface area contributed by atoms with Gasteiger partial charge in [0.05, 0.1) is 5.56 Å². The lowest BCUT2D eigenvalue weighted by Crippen LogP contribution is -2.05. The second-order valence-corrected chi connectivity index (χ2v) is 6.95. The number of halogens is 3. The number of nitrogens with zero attached hydrogens (tertiary/aromatic N) is 3. The molecule has 27 heavy (non-hydrogen) atoms. The summed E-state index contributed by atoms with van der Waals surface area (Å²) in [5.41, 5.74) is 1.98. The zero-order valence-electron chi connectivity index (χ0n) is 14.7. The third-order valence-electron chi connectivity index (χ3n) is 4.04. The highest BCUT2D eigenvalue weighted by atomic mass is 32.2. The highest BCUT2D eigenvalue weighted by Crippen LogP contribution is 2.32. The maximum Gasteiger partial charge on any atom is 0.416 e. The van der Waals surface area contributed by atoms with Gasteiger partial charge in [-0.3, -0.25) is 4.57 Å². The van der Waals surface area contributed by atoms with E-state index >= 15 is 0 Å². The van der Waals surface area contributed by atoms with Crippen LogP contribution in [-0.4, -0.2) is 14.8 Å². The van der Waals surface area contributed by atoms with E-state index in [1.54, 1.807) is 12.1 Å². The van der Waals surface area contributed by atoms with E-state index in [-0.39, 0.29) is 0 Å². The maximum absolute atomic E-state index is 12.9. The Labute approximate surface area is 159 Å². The van der Waals surface area contributed by atoms with Gasteiger partial charge >= 0.3 is 6.18 Å². The lowest BCUT2D eigenvalue weighted by molar-refractivity contribution is -0.137. The van der Waals surface area contributed by atoms with E-state index in [1.807, 2.05) is 35.8 Å². The number of thioether (sulfide) groups is 1. The van der Waals surface area contributed by atoms with Crippen LogP contribution in [0.5, 0.6) is 0 Å². The molecule has 0 unspecified atom stereocenters. The van der Waals surface area contributed by atoms with Gasteiger partial charge < -0.3 is 0 Å². The van der Waals surface area contributed by atoms with Gasteiger partial charge in [-0.25, -0.2) is 0 Å². The maximum atomic E-state index is 12.9. The van der Waals surface area contributed by atoms with E-state index in [0.717, 1.165) is 23.0 Å². The smallest absolute Gasteiger partial charge is 0.298 e. The highest BCUT2D eigenvalue weighted by Gasteiger charge is 2.30. The van der Waals surface area contributed by atoms with Crippen LogP contribution in [0, 0.1) is 6.92 Å². The number of hydrogen-bond donors (Lipinski definition) is 0. The molecule has 1 heterocycles. The van der Waals surface area contributed by atoms with Crippen LogP contribution in [0.2, 0.25) is 0 Å². The first-order valence-corrected chi connectivity index (χ1v) is 9.27. The number of rotatable bonds is 6. The molecule has 3 nitrogen and oxygen atoms in total. The van der Waals surface area contributed by atoms with Crippen molar-refractivity contribution in [1.29, 1.82) is 0 Å². The van der Waals surface area contributed by atoms with Crippen LogP contribution in [0.4, 0.5) is 13.2 Å². The molecule has 0 spiro atoms. The molecule has 0 aliphatic heterocycles. The summed E-state index contributed by atoms with van der Waals surface area (Å²) < 4.78 is 40.6. The summed E-state index contributed by atoms with van der Waals surface area (Å²) in [7, 11) is 0. The fourth-order valence-corrected chi connectivity index (χ4v) is 3.59. The Morgan fingerprint density at radius 2 is 1.89 bits per heavy atom. The van der Waals surface area contributed by atoms with Crippen molar-refractivity contribution in [2.75, 3.05) is 0 Å². The number of alkyl halides is 3. The summed E-state index contributed by atoms with van der Waals surface area (Å²) in [5, 5.41) is 9.19. The molecule has 0 bridgehead atoms. The van der Waals surface area contributed by atoms with Gasteiger partial charge in [0, 0.05) is 17.9 Å². The molecule has 0 saturated carbocycles. The fraction of sp³-hybridized carbons (Fsp3) is 0.200. The van der Waals surface area contributed by atoms with Crippen molar-refractivity contribution in [3.8, 4) is 11.4 Å². The molecule has 0 aliphatic rings. The highest BCUT2D eigenvalue weighted by molar-refractivity contribution is 7.98. The minimum atomic E-state index is -4.35. The van der Waals surface area contributed by atoms with Crippen molar-refractivity contribution < 1.29 is 13.2 Å². The van der Waals surface area contributed by atoms with E-state index in [4.69, 9.17) is 0 Å². The average Bonchev–Trinajstić information content (AvgIpc) is 3.03. The van der Waals surface area contributed by atoms with Crippen LogP contribution >= 0.6 is 11.8 Å². The summed E-state index contributed by atoms with van der Waals surface area (Å²) in [6, 6.07) is 13.2. The third-order valence-corrected chi connectivity index (χ3v) is 5.07. The minimum absolute atomic E-state index is 0.368. The normalized spacial score (nSPS) is 11.6. The van der Waals surface area contributed by atoms with E-state index in [2.05, 4.69) is 16.8 Å². The fourth-order valence-electron chi connectivity index (χ4n) is 2.70. The lowest BCUT2D eigenvalue weighted by Gasteiger charge is -2.10. The first-order chi connectivity index (χ1) is 12.9. The van der Waals surface area contributed by atoms with Gasteiger partial charge in [0.15, 0.2) is 11.0 Å². The Balaban J connectivity index is 1.86. The van der Waals surface area contributed by atoms with Crippen LogP contribution in [0.25, 0.3) is 11.4 Å². The second kappa shape index (κ2) is 8.00. The molecular weight excluding hydrogens is 371 g/mol. The molecule has 2 aromatic carbocycles. The van der Waals surface area contributed by atoms with Crippen LogP contribution < -0.4 is 0 Å². The summed E-state index contributed by atoms with van der Waals surface area (Å²) in [5.74, 6) is 1.09. The Bertz CT molecular complexity index is 948. The Kier molecular flexibility index (Phi) is 5.70. The molecule has 0 radical (unpaired) electrons. The standard InChI is InChI=1S/C20H18F3N3S/c1-3-11-26-18(17-10-5-4-7-14(17)2)24-25-19(26)27-13-15-8-6-9-16(12-15)20(21,22)23/h3-10,12H,1,11,13H2,2H3. The van der Waals surface area contributed by atoms with Crippen molar-refractivity contribution in [2.45, 2.75) is 30.6 Å². The molecule has 3 aromatic rings. The van der Waals surface area contributed by atoms with Gasteiger partial charge in [-0.15, -0.1) is 16.8 Å². The van der Waals surface area contributed by atoms with Crippen molar-refractivity contribution in [2.24, 2.45) is 0 Å². The van der Waals surface area contributed by atoms with Crippen molar-refractivity contribution >= 4 is 11.8 Å². The number of aryl methyl sites for hydroxylation is 1. The molecule has 3 rings (SSSR count). The number of aromatic nitrogens is 3. The van der Waals surface area contributed by atoms with Crippen molar-refractivity contribution in [3.63, 3.8) is 0 Å². The summed E-state index contributed by atoms with van der Waals surface area (Å²) >= 11 is 1.36.